The van der Waals surface area contributed by atoms with Gasteiger partial charge in [0, 0.05) is 23.5 Å². The molecule has 1 fully saturated rings. The summed E-state index contributed by atoms with van der Waals surface area (Å²) in [4.78, 5) is 18.3. The Morgan fingerprint density at radius 3 is 2.68 bits per heavy atom. The van der Waals surface area contributed by atoms with E-state index < -0.39 is 0 Å². The number of aryl methyl sites for hydroxylation is 3. The van der Waals surface area contributed by atoms with Gasteiger partial charge in [-0.3, -0.25) is 4.79 Å². The third kappa shape index (κ3) is 2.63. The quantitative estimate of drug-likeness (QED) is 0.896. The molecule has 0 unspecified atom stereocenters. The zero-order chi connectivity index (χ0) is 15.9. The molecule has 1 aliphatic heterocycles. The van der Waals surface area contributed by atoms with Crippen LogP contribution in [-0.2, 0) is 0 Å². The molecule has 1 aromatic carbocycles. The Balaban J connectivity index is 1.90. The Labute approximate surface area is 131 Å². The Bertz CT molecular complexity index is 717. The molecule has 0 aliphatic carbocycles. The molecule has 1 saturated heterocycles. The van der Waals surface area contributed by atoms with E-state index in [2.05, 4.69) is 48.2 Å². The second-order valence-electron chi connectivity index (χ2n) is 6.65. The standard InChI is InChI=1S/C18H25N3O/c1-11-7-8-12(2)16-15(11)13(3)17(20-16)18(22)19-14-6-5-9-21(4)10-14/h7-8,14,20H,5-6,9-10H2,1-4H3,(H,19,22)/t14-/m0/s1. The second kappa shape index (κ2) is 5.76. The lowest BCUT2D eigenvalue weighted by atomic mass is 10.0. The Hall–Kier alpha value is -1.81. The van der Waals surface area contributed by atoms with E-state index in [1.54, 1.807) is 0 Å². The summed E-state index contributed by atoms with van der Waals surface area (Å²) in [5.41, 5.74) is 5.24. The van der Waals surface area contributed by atoms with Gasteiger partial charge in [-0.2, -0.15) is 0 Å². The summed E-state index contributed by atoms with van der Waals surface area (Å²) < 4.78 is 0. The lowest BCUT2D eigenvalue weighted by Crippen LogP contribution is -2.46. The maximum atomic E-state index is 12.7. The third-order valence-corrected chi connectivity index (χ3v) is 4.81. The number of rotatable bonds is 2. The summed E-state index contributed by atoms with van der Waals surface area (Å²) in [5.74, 6) is 0.0211. The van der Waals surface area contributed by atoms with E-state index >= 15 is 0 Å². The molecule has 1 amide bonds. The predicted molar refractivity (Wildman–Crippen MR) is 90.5 cm³/mol. The number of nitrogens with zero attached hydrogens (tertiary/aromatic N) is 1. The number of likely N-dealkylation sites (N-methyl/N-ethyl adjacent to an activating group) is 1. The van der Waals surface area contributed by atoms with Crippen molar-refractivity contribution in [3.8, 4) is 0 Å². The minimum absolute atomic E-state index is 0.0211. The summed E-state index contributed by atoms with van der Waals surface area (Å²) in [6.07, 6.45) is 2.21. The number of piperidine rings is 1. The molecular weight excluding hydrogens is 274 g/mol. The average molecular weight is 299 g/mol. The normalized spacial score (nSPS) is 19.5. The zero-order valence-electron chi connectivity index (χ0n) is 13.9. The first kappa shape index (κ1) is 15.1. The first-order chi connectivity index (χ1) is 10.5. The molecule has 2 heterocycles. The first-order valence-corrected chi connectivity index (χ1v) is 8.05. The summed E-state index contributed by atoms with van der Waals surface area (Å²) in [7, 11) is 2.11. The average Bonchev–Trinajstić information content (AvgIpc) is 2.82. The SMILES string of the molecule is Cc1ccc(C)c2c(C)c(C(=O)N[C@H]3CCCN(C)C3)[nH]c12. The maximum absolute atomic E-state index is 12.7. The van der Waals surface area contributed by atoms with Crippen molar-refractivity contribution in [1.29, 1.82) is 0 Å². The fourth-order valence-electron chi connectivity index (χ4n) is 3.57. The zero-order valence-corrected chi connectivity index (χ0v) is 13.9. The number of hydrogen-bond donors (Lipinski definition) is 2. The molecular formula is C18H25N3O. The van der Waals surface area contributed by atoms with E-state index in [0.29, 0.717) is 5.69 Å². The smallest absolute Gasteiger partial charge is 0.268 e. The topological polar surface area (TPSA) is 48.1 Å². The van der Waals surface area contributed by atoms with Crippen molar-refractivity contribution in [2.24, 2.45) is 0 Å². The largest absolute Gasteiger partial charge is 0.350 e. The number of carbonyl (C=O) groups excluding carboxylic acids is 1. The Kier molecular flexibility index (Phi) is 3.96. The lowest BCUT2D eigenvalue weighted by Gasteiger charge is -2.30. The van der Waals surface area contributed by atoms with Gasteiger partial charge in [0.2, 0.25) is 0 Å². The molecule has 0 bridgehead atoms. The van der Waals surface area contributed by atoms with Crippen molar-refractivity contribution in [3.05, 3.63) is 34.5 Å². The van der Waals surface area contributed by atoms with Crippen molar-refractivity contribution in [2.75, 3.05) is 20.1 Å². The number of amides is 1. The summed E-state index contributed by atoms with van der Waals surface area (Å²) in [6.45, 7) is 8.27. The van der Waals surface area contributed by atoms with E-state index in [0.717, 1.165) is 37.0 Å². The van der Waals surface area contributed by atoms with Gasteiger partial charge in [-0.25, -0.2) is 0 Å². The van der Waals surface area contributed by atoms with Gasteiger partial charge in [0.25, 0.3) is 5.91 Å². The molecule has 0 saturated carbocycles. The monoisotopic (exact) mass is 299 g/mol. The first-order valence-electron chi connectivity index (χ1n) is 8.05. The second-order valence-corrected chi connectivity index (χ2v) is 6.65. The van der Waals surface area contributed by atoms with Gasteiger partial charge in [-0.05, 0) is 63.9 Å². The van der Waals surface area contributed by atoms with Crippen molar-refractivity contribution >= 4 is 16.8 Å². The van der Waals surface area contributed by atoms with Crippen molar-refractivity contribution in [3.63, 3.8) is 0 Å². The number of likely N-dealkylation sites (tertiary alicyclic amines) is 1. The van der Waals surface area contributed by atoms with Crippen LogP contribution in [0.25, 0.3) is 10.9 Å². The molecule has 4 heteroatoms. The predicted octanol–water partition coefficient (Wildman–Crippen LogP) is 2.92. The van der Waals surface area contributed by atoms with Crippen molar-refractivity contribution < 1.29 is 4.79 Å². The van der Waals surface area contributed by atoms with E-state index in [9.17, 15) is 4.79 Å². The molecule has 22 heavy (non-hydrogen) atoms. The number of hydrogen-bond acceptors (Lipinski definition) is 2. The molecule has 2 N–H and O–H groups in total. The number of aromatic nitrogens is 1. The number of benzene rings is 1. The Morgan fingerprint density at radius 1 is 1.27 bits per heavy atom. The van der Waals surface area contributed by atoms with Crippen LogP contribution in [0.15, 0.2) is 12.1 Å². The highest BCUT2D eigenvalue weighted by molar-refractivity contribution is 6.02. The van der Waals surface area contributed by atoms with E-state index in [4.69, 9.17) is 0 Å². The van der Waals surface area contributed by atoms with Crippen LogP contribution in [0.4, 0.5) is 0 Å². The molecule has 118 valence electrons. The van der Waals surface area contributed by atoms with Gasteiger partial charge in [0.15, 0.2) is 0 Å². The number of aromatic amines is 1. The van der Waals surface area contributed by atoms with E-state index in [1.807, 2.05) is 6.92 Å². The summed E-state index contributed by atoms with van der Waals surface area (Å²) in [6, 6.07) is 4.47. The van der Waals surface area contributed by atoms with E-state index in [1.165, 1.54) is 16.5 Å². The number of H-pyrrole nitrogens is 1. The minimum Gasteiger partial charge on any atom is -0.350 e. The molecule has 0 radical (unpaired) electrons. The summed E-state index contributed by atoms with van der Waals surface area (Å²) >= 11 is 0. The van der Waals surface area contributed by atoms with Crippen molar-refractivity contribution in [2.45, 2.75) is 39.7 Å². The van der Waals surface area contributed by atoms with Crippen LogP contribution in [0.1, 0.15) is 40.0 Å². The number of fused-ring (bicyclic) bond motifs is 1. The molecule has 3 rings (SSSR count). The number of nitrogens with one attached hydrogen (secondary N) is 2. The molecule has 1 aliphatic rings. The van der Waals surface area contributed by atoms with Crippen LogP contribution >= 0.6 is 0 Å². The molecule has 1 aromatic heterocycles. The fourth-order valence-corrected chi connectivity index (χ4v) is 3.57. The maximum Gasteiger partial charge on any atom is 0.268 e. The minimum atomic E-state index is 0.0211. The van der Waals surface area contributed by atoms with Gasteiger partial charge >= 0.3 is 0 Å². The lowest BCUT2D eigenvalue weighted by molar-refractivity contribution is 0.0907. The van der Waals surface area contributed by atoms with Crippen LogP contribution in [0, 0.1) is 20.8 Å². The van der Waals surface area contributed by atoms with E-state index in [-0.39, 0.29) is 11.9 Å². The van der Waals surface area contributed by atoms with Gasteiger partial charge in [-0.1, -0.05) is 12.1 Å². The fraction of sp³-hybridized carbons (Fsp3) is 0.500. The highest BCUT2D eigenvalue weighted by Gasteiger charge is 2.22. The van der Waals surface area contributed by atoms with Crippen LogP contribution in [-0.4, -0.2) is 42.0 Å². The molecule has 0 spiro atoms. The highest BCUT2D eigenvalue weighted by Crippen LogP contribution is 2.27. The molecule has 4 nitrogen and oxygen atoms in total. The Morgan fingerprint density at radius 2 is 2.00 bits per heavy atom. The van der Waals surface area contributed by atoms with Crippen LogP contribution in [0.5, 0.6) is 0 Å². The van der Waals surface area contributed by atoms with Crippen LogP contribution in [0.2, 0.25) is 0 Å². The molecule has 2 aromatic rings. The van der Waals surface area contributed by atoms with Gasteiger partial charge < -0.3 is 15.2 Å². The van der Waals surface area contributed by atoms with Gasteiger partial charge in [-0.15, -0.1) is 0 Å². The van der Waals surface area contributed by atoms with Crippen LogP contribution < -0.4 is 5.32 Å². The van der Waals surface area contributed by atoms with Crippen molar-refractivity contribution in [1.82, 2.24) is 15.2 Å². The summed E-state index contributed by atoms with van der Waals surface area (Å²) in [5, 5.41) is 4.38. The molecule has 1 atom stereocenters. The van der Waals surface area contributed by atoms with Crippen LogP contribution in [0.3, 0.4) is 0 Å². The highest BCUT2D eigenvalue weighted by atomic mass is 16.2. The number of carbonyl (C=O) groups is 1. The van der Waals surface area contributed by atoms with Gasteiger partial charge in [0.1, 0.15) is 5.69 Å². The van der Waals surface area contributed by atoms with Gasteiger partial charge in [0.05, 0.1) is 0 Å². The third-order valence-electron chi connectivity index (χ3n) is 4.81.